The highest BCUT2D eigenvalue weighted by Crippen LogP contribution is 2.16. The standard InChI is InChI=1S/C23H28ClN3O3/c1-18-6-2-9-21(16-18)30-15-4-10-22(28)26-11-5-12-27(14-13-26)23(29)25-20-8-3-7-19(24)17-20/h2-3,6-9,16-17H,4-5,10-15H2,1H3,(H,25,29). The van der Waals surface area contributed by atoms with Crippen LogP contribution in [-0.2, 0) is 4.79 Å². The number of hydrogen-bond donors (Lipinski definition) is 1. The number of carbonyl (C=O) groups is 2. The van der Waals surface area contributed by atoms with Crippen molar-refractivity contribution in [3.05, 3.63) is 59.1 Å². The minimum atomic E-state index is -0.168. The van der Waals surface area contributed by atoms with E-state index < -0.39 is 0 Å². The van der Waals surface area contributed by atoms with Crippen LogP contribution in [0.4, 0.5) is 10.5 Å². The Kier molecular flexibility index (Phi) is 7.97. The number of anilines is 1. The normalized spacial score (nSPS) is 14.2. The molecular formula is C23H28ClN3O3. The molecule has 0 saturated carbocycles. The number of urea groups is 1. The quantitative estimate of drug-likeness (QED) is 0.684. The van der Waals surface area contributed by atoms with E-state index in [-0.39, 0.29) is 11.9 Å². The lowest BCUT2D eigenvalue weighted by Gasteiger charge is -2.22. The lowest BCUT2D eigenvalue weighted by molar-refractivity contribution is -0.131. The summed E-state index contributed by atoms with van der Waals surface area (Å²) in [6.45, 7) is 4.87. The van der Waals surface area contributed by atoms with Gasteiger partial charge in [0.05, 0.1) is 6.61 Å². The van der Waals surface area contributed by atoms with Crippen LogP contribution in [0.3, 0.4) is 0 Å². The molecule has 0 radical (unpaired) electrons. The maximum atomic E-state index is 12.6. The van der Waals surface area contributed by atoms with Crippen molar-refractivity contribution >= 4 is 29.2 Å². The Bertz CT molecular complexity index is 874. The monoisotopic (exact) mass is 429 g/mol. The number of hydrogen-bond acceptors (Lipinski definition) is 3. The van der Waals surface area contributed by atoms with Crippen LogP contribution in [0.2, 0.25) is 5.02 Å². The van der Waals surface area contributed by atoms with E-state index in [9.17, 15) is 9.59 Å². The second kappa shape index (κ2) is 10.9. The van der Waals surface area contributed by atoms with Gasteiger partial charge in [0.2, 0.25) is 5.91 Å². The van der Waals surface area contributed by atoms with E-state index in [1.165, 1.54) is 0 Å². The van der Waals surface area contributed by atoms with Crippen molar-refractivity contribution < 1.29 is 14.3 Å². The average molecular weight is 430 g/mol. The molecule has 0 spiro atoms. The number of aryl methyl sites for hydroxylation is 1. The van der Waals surface area contributed by atoms with Crippen molar-refractivity contribution in [1.82, 2.24) is 9.80 Å². The van der Waals surface area contributed by atoms with Crippen LogP contribution in [0, 0.1) is 6.92 Å². The van der Waals surface area contributed by atoms with Gasteiger partial charge in [-0.2, -0.15) is 0 Å². The molecular weight excluding hydrogens is 402 g/mol. The van der Waals surface area contributed by atoms with Gasteiger partial charge in [-0.3, -0.25) is 4.79 Å². The Balaban J connectivity index is 1.40. The van der Waals surface area contributed by atoms with E-state index in [0.717, 1.165) is 17.7 Å². The van der Waals surface area contributed by atoms with Gasteiger partial charge in [-0.15, -0.1) is 0 Å². The molecule has 3 amide bonds. The van der Waals surface area contributed by atoms with Gasteiger partial charge in [0.1, 0.15) is 5.75 Å². The maximum Gasteiger partial charge on any atom is 0.321 e. The Hall–Kier alpha value is -2.73. The van der Waals surface area contributed by atoms with Gasteiger partial charge in [0.25, 0.3) is 0 Å². The zero-order chi connectivity index (χ0) is 21.3. The van der Waals surface area contributed by atoms with Crippen molar-refractivity contribution in [2.45, 2.75) is 26.2 Å². The summed E-state index contributed by atoms with van der Waals surface area (Å²) in [4.78, 5) is 28.7. The van der Waals surface area contributed by atoms with Gasteiger partial charge in [0.15, 0.2) is 0 Å². The number of ether oxygens (including phenoxy) is 1. The zero-order valence-corrected chi connectivity index (χ0v) is 18.0. The van der Waals surface area contributed by atoms with E-state index >= 15 is 0 Å². The van der Waals surface area contributed by atoms with Gasteiger partial charge >= 0.3 is 6.03 Å². The maximum absolute atomic E-state index is 12.6. The largest absolute Gasteiger partial charge is 0.494 e. The van der Waals surface area contributed by atoms with E-state index in [2.05, 4.69) is 5.32 Å². The Morgan fingerprint density at radius 1 is 1.03 bits per heavy atom. The van der Waals surface area contributed by atoms with Crippen molar-refractivity contribution in [3.63, 3.8) is 0 Å². The predicted octanol–water partition coefficient (Wildman–Crippen LogP) is 4.57. The van der Waals surface area contributed by atoms with Crippen molar-refractivity contribution in [2.75, 3.05) is 38.1 Å². The first kappa shape index (κ1) is 22.0. The van der Waals surface area contributed by atoms with Crippen LogP contribution in [0.5, 0.6) is 5.75 Å². The molecule has 1 fully saturated rings. The van der Waals surface area contributed by atoms with Gasteiger partial charge in [-0.05, 0) is 55.7 Å². The molecule has 0 bridgehead atoms. The number of amides is 3. The third-order valence-electron chi connectivity index (χ3n) is 5.00. The minimum Gasteiger partial charge on any atom is -0.494 e. The summed E-state index contributed by atoms with van der Waals surface area (Å²) in [6, 6.07) is 14.8. The molecule has 0 atom stereocenters. The molecule has 2 aromatic carbocycles. The molecule has 30 heavy (non-hydrogen) atoms. The summed E-state index contributed by atoms with van der Waals surface area (Å²) in [5.74, 6) is 0.943. The molecule has 0 aliphatic carbocycles. The van der Waals surface area contributed by atoms with Crippen LogP contribution < -0.4 is 10.1 Å². The fourth-order valence-corrected chi connectivity index (χ4v) is 3.61. The molecule has 2 aromatic rings. The smallest absolute Gasteiger partial charge is 0.321 e. The molecule has 0 unspecified atom stereocenters. The lowest BCUT2D eigenvalue weighted by Crippen LogP contribution is -2.39. The second-order valence-electron chi connectivity index (χ2n) is 7.43. The van der Waals surface area contributed by atoms with E-state index in [0.29, 0.717) is 56.3 Å². The van der Waals surface area contributed by atoms with Crippen LogP contribution in [-0.4, -0.2) is 54.5 Å². The SMILES string of the molecule is Cc1cccc(OCCCC(=O)N2CCCN(C(=O)Nc3cccc(Cl)c3)CC2)c1. The topological polar surface area (TPSA) is 61.9 Å². The number of halogens is 1. The molecule has 0 aromatic heterocycles. The summed E-state index contributed by atoms with van der Waals surface area (Å²) in [6.07, 6.45) is 1.87. The first-order valence-corrected chi connectivity index (χ1v) is 10.7. The summed E-state index contributed by atoms with van der Waals surface area (Å²) in [5, 5.41) is 3.44. The zero-order valence-electron chi connectivity index (χ0n) is 17.3. The van der Waals surface area contributed by atoms with Crippen molar-refractivity contribution in [1.29, 1.82) is 0 Å². The highest BCUT2D eigenvalue weighted by Gasteiger charge is 2.22. The van der Waals surface area contributed by atoms with E-state index in [1.54, 1.807) is 29.2 Å². The number of rotatable bonds is 6. The lowest BCUT2D eigenvalue weighted by atomic mass is 10.2. The third kappa shape index (κ3) is 6.66. The Morgan fingerprint density at radius 2 is 1.80 bits per heavy atom. The van der Waals surface area contributed by atoms with Gasteiger partial charge in [0, 0.05) is 43.3 Å². The molecule has 7 heteroatoms. The van der Waals surface area contributed by atoms with Crippen molar-refractivity contribution in [2.24, 2.45) is 0 Å². The highest BCUT2D eigenvalue weighted by atomic mass is 35.5. The van der Waals surface area contributed by atoms with Gasteiger partial charge in [-0.1, -0.05) is 29.8 Å². The molecule has 160 valence electrons. The van der Waals surface area contributed by atoms with Crippen LogP contribution in [0.25, 0.3) is 0 Å². The first-order chi connectivity index (χ1) is 14.5. The fraction of sp³-hybridized carbons (Fsp3) is 0.391. The predicted molar refractivity (Wildman–Crippen MR) is 119 cm³/mol. The average Bonchev–Trinajstić information content (AvgIpc) is 2.98. The Labute approximate surface area is 182 Å². The number of nitrogens with one attached hydrogen (secondary N) is 1. The van der Waals surface area contributed by atoms with Gasteiger partial charge < -0.3 is 19.9 Å². The molecule has 1 heterocycles. The van der Waals surface area contributed by atoms with E-state index in [4.69, 9.17) is 16.3 Å². The molecule has 6 nitrogen and oxygen atoms in total. The number of benzene rings is 2. The van der Waals surface area contributed by atoms with Crippen LogP contribution >= 0.6 is 11.6 Å². The van der Waals surface area contributed by atoms with Gasteiger partial charge in [-0.25, -0.2) is 4.79 Å². The summed E-state index contributed by atoms with van der Waals surface area (Å²) in [5.41, 5.74) is 1.82. The molecule has 3 rings (SSSR count). The number of carbonyl (C=O) groups excluding carboxylic acids is 2. The summed E-state index contributed by atoms with van der Waals surface area (Å²) in [7, 11) is 0. The molecule has 1 saturated heterocycles. The van der Waals surface area contributed by atoms with Crippen molar-refractivity contribution in [3.8, 4) is 5.75 Å². The summed E-state index contributed by atoms with van der Waals surface area (Å²) >= 11 is 5.97. The molecule has 1 aliphatic rings. The summed E-state index contributed by atoms with van der Waals surface area (Å²) < 4.78 is 5.72. The highest BCUT2D eigenvalue weighted by molar-refractivity contribution is 6.30. The van der Waals surface area contributed by atoms with Crippen LogP contribution in [0.1, 0.15) is 24.8 Å². The van der Waals surface area contributed by atoms with E-state index in [1.807, 2.05) is 36.1 Å². The molecule has 1 aliphatic heterocycles. The Morgan fingerprint density at radius 3 is 2.60 bits per heavy atom. The minimum absolute atomic E-state index is 0.111. The first-order valence-electron chi connectivity index (χ1n) is 10.3. The second-order valence-corrected chi connectivity index (χ2v) is 7.87. The van der Waals surface area contributed by atoms with Crippen LogP contribution in [0.15, 0.2) is 48.5 Å². The third-order valence-corrected chi connectivity index (χ3v) is 5.24. The number of nitrogens with zero attached hydrogens (tertiary/aromatic N) is 2. The fourth-order valence-electron chi connectivity index (χ4n) is 3.42. The molecule has 1 N–H and O–H groups in total.